The maximum absolute atomic E-state index is 13.3. The average molecular weight is 261 g/mol. The smallest absolute Gasteiger partial charge is 0.128 e. The quantitative estimate of drug-likeness (QED) is 0.870. The largest absolute Gasteiger partial charge is 0.329 e. The van der Waals surface area contributed by atoms with E-state index in [1.54, 1.807) is 6.07 Å². The molecule has 1 aromatic rings. The van der Waals surface area contributed by atoms with E-state index >= 15 is 0 Å². The molecule has 1 atom stereocenters. The molecule has 0 heterocycles. The predicted molar refractivity (Wildman–Crippen MR) is 59.5 cm³/mol. The van der Waals surface area contributed by atoms with Crippen molar-refractivity contribution >= 4 is 15.9 Å². The van der Waals surface area contributed by atoms with Crippen molar-refractivity contribution < 1.29 is 4.39 Å². The SMILES string of the molecule is C[C@H](CN)NCc1c(F)cccc1Br. The molecule has 0 bridgehead atoms. The van der Waals surface area contributed by atoms with Crippen LogP contribution in [0, 0.1) is 5.82 Å². The molecular weight excluding hydrogens is 247 g/mol. The van der Waals surface area contributed by atoms with Gasteiger partial charge >= 0.3 is 0 Å². The third-order valence-electron chi connectivity index (χ3n) is 2.04. The number of benzene rings is 1. The molecule has 0 fully saturated rings. The Morgan fingerprint density at radius 1 is 1.57 bits per heavy atom. The molecule has 0 aromatic heterocycles. The summed E-state index contributed by atoms with van der Waals surface area (Å²) in [6.07, 6.45) is 0. The van der Waals surface area contributed by atoms with Crippen molar-refractivity contribution in [3.63, 3.8) is 0 Å². The van der Waals surface area contributed by atoms with E-state index in [4.69, 9.17) is 5.73 Å². The maximum Gasteiger partial charge on any atom is 0.128 e. The van der Waals surface area contributed by atoms with Gasteiger partial charge in [0.15, 0.2) is 0 Å². The lowest BCUT2D eigenvalue weighted by atomic mass is 10.2. The summed E-state index contributed by atoms with van der Waals surface area (Å²) in [4.78, 5) is 0. The van der Waals surface area contributed by atoms with Gasteiger partial charge in [-0.3, -0.25) is 0 Å². The molecule has 0 aliphatic carbocycles. The molecule has 0 saturated heterocycles. The standard InChI is InChI=1S/C10H14BrFN2/c1-7(5-13)14-6-8-9(11)3-2-4-10(8)12/h2-4,7,14H,5-6,13H2,1H3/t7-/m1/s1. The minimum Gasteiger partial charge on any atom is -0.329 e. The van der Waals surface area contributed by atoms with Gasteiger partial charge in [-0.2, -0.15) is 0 Å². The molecule has 0 unspecified atom stereocenters. The van der Waals surface area contributed by atoms with E-state index in [9.17, 15) is 4.39 Å². The highest BCUT2D eigenvalue weighted by Crippen LogP contribution is 2.19. The van der Waals surface area contributed by atoms with Gasteiger partial charge in [-0.1, -0.05) is 22.0 Å². The summed E-state index contributed by atoms with van der Waals surface area (Å²) in [6, 6.07) is 5.15. The van der Waals surface area contributed by atoms with Crippen LogP contribution in [-0.4, -0.2) is 12.6 Å². The molecule has 4 heteroatoms. The van der Waals surface area contributed by atoms with Gasteiger partial charge in [0.05, 0.1) is 0 Å². The monoisotopic (exact) mass is 260 g/mol. The van der Waals surface area contributed by atoms with Gasteiger partial charge in [-0.15, -0.1) is 0 Å². The van der Waals surface area contributed by atoms with E-state index in [0.29, 0.717) is 18.7 Å². The van der Waals surface area contributed by atoms with Crippen LogP contribution < -0.4 is 11.1 Å². The summed E-state index contributed by atoms with van der Waals surface area (Å²) < 4.78 is 14.1. The van der Waals surface area contributed by atoms with Crippen molar-refractivity contribution in [3.8, 4) is 0 Å². The highest BCUT2D eigenvalue weighted by Gasteiger charge is 2.06. The molecule has 0 amide bonds. The first kappa shape index (κ1) is 11.6. The van der Waals surface area contributed by atoms with Crippen LogP contribution in [0.5, 0.6) is 0 Å². The van der Waals surface area contributed by atoms with Gasteiger partial charge in [-0.05, 0) is 19.1 Å². The van der Waals surface area contributed by atoms with Crippen LogP contribution >= 0.6 is 15.9 Å². The summed E-state index contributed by atoms with van der Waals surface area (Å²) in [5, 5.41) is 3.14. The van der Waals surface area contributed by atoms with Crippen LogP contribution in [0.25, 0.3) is 0 Å². The summed E-state index contributed by atoms with van der Waals surface area (Å²) in [5.74, 6) is -0.198. The third-order valence-corrected chi connectivity index (χ3v) is 2.79. The normalized spacial score (nSPS) is 12.9. The van der Waals surface area contributed by atoms with Crippen molar-refractivity contribution in [1.82, 2.24) is 5.32 Å². The van der Waals surface area contributed by atoms with Gasteiger partial charge in [0.25, 0.3) is 0 Å². The molecule has 14 heavy (non-hydrogen) atoms. The van der Waals surface area contributed by atoms with Gasteiger partial charge in [0.1, 0.15) is 5.82 Å². The van der Waals surface area contributed by atoms with Crippen LogP contribution in [0.2, 0.25) is 0 Å². The molecule has 0 aliphatic rings. The van der Waals surface area contributed by atoms with E-state index in [2.05, 4.69) is 21.2 Å². The second-order valence-corrected chi connectivity index (χ2v) is 4.07. The van der Waals surface area contributed by atoms with Gasteiger partial charge in [0, 0.05) is 29.2 Å². The molecule has 2 nitrogen and oxygen atoms in total. The van der Waals surface area contributed by atoms with Crippen molar-refractivity contribution in [1.29, 1.82) is 0 Å². The van der Waals surface area contributed by atoms with Crippen LogP contribution in [0.3, 0.4) is 0 Å². The van der Waals surface area contributed by atoms with Crippen LogP contribution in [0.1, 0.15) is 12.5 Å². The van der Waals surface area contributed by atoms with Gasteiger partial charge in [-0.25, -0.2) is 4.39 Å². The molecular formula is C10H14BrFN2. The maximum atomic E-state index is 13.3. The summed E-state index contributed by atoms with van der Waals surface area (Å²) in [7, 11) is 0. The van der Waals surface area contributed by atoms with E-state index in [1.165, 1.54) is 6.07 Å². The van der Waals surface area contributed by atoms with Crippen LogP contribution in [0.4, 0.5) is 4.39 Å². The summed E-state index contributed by atoms with van der Waals surface area (Å²) >= 11 is 3.31. The zero-order chi connectivity index (χ0) is 10.6. The number of hydrogen-bond acceptors (Lipinski definition) is 2. The van der Waals surface area contributed by atoms with E-state index in [-0.39, 0.29) is 11.9 Å². The molecule has 3 N–H and O–H groups in total. The fraction of sp³-hybridized carbons (Fsp3) is 0.400. The highest BCUT2D eigenvalue weighted by molar-refractivity contribution is 9.10. The number of nitrogens with two attached hydrogens (primary N) is 1. The molecule has 0 aliphatic heterocycles. The Kier molecular flexibility index (Phi) is 4.51. The first-order valence-corrected chi connectivity index (χ1v) is 5.30. The number of rotatable bonds is 4. The zero-order valence-corrected chi connectivity index (χ0v) is 9.64. The van der Waals surface area contributed by atoms with E-state index in [1.807, 2.05) is 13.0 Å². The number of halogens is 2. The third kappa shape index (κ3) is 3.04. The first-order chi connectivity index (χ1) is 6.65. The van der Waals surface area contributed by atoms with Crippen molar-refractivity contribution in [3.05, 3.63) is 34.1 Å². The van der Waals surface area contributed by atoms with Crippen molar-refractivity contribution in [2.24, 2.45) is 5.73 Å². The Labute approximate surface area is 91.8 Å². The molecule has 0 radical (unpaired) electrons. The second kappa shape index (κ2) is 5.44. The fourth-order valence-electron chi connectivity index (χ4n) is 1.06. The number of hydrogen-bond donors (Lipinski definition) is 2. The van der Waals surface area contributed by atoms with Crippen molar-refractivity contribution in [2.75, 3.05) is 6.54 Å². The van der Waals surface area contributed by atoms with Crippen molar-refractivity contribution in [2.45, 2.75) is 19.5 Å². The minimum absolute atomic E-state index is 0.196. The van der Waals surface area contributed by atoms with Gasteiger partial charge < -0.3 is 11.1 Å². The van der Waals surface area contributed by atoms with Crippen LogP contribution in [0.15, 0.2) is 22.7 Å². The second-order valence-electron chi connectivity index (χ2n) is 3.22. The topological polar surface area (TPSA) is 38.0 Å². The lowest BCUT2D eigenvalue weighted by Crippen LogP contribution is -2.32. The Morgan fingerprint density at radius 2 is 2.29 bits per heavy atom. The first-order valence-electron chi connectivity index (χ1n) is 4.51. The minimum atomic E-state index is -0.198. The Balaban J connectivity index is 2.66. The molecule has 1 aromatic carbocycles. The Hall–Kier alpha value is -0.450. The van der Waals surface area contributed by atoms with E-state index < -0.39 is 0 Å². The molecule has 1 rings (SSSR count). The fourth-order valence-corrected chi connectivity index (χ4v) is 1.54. The number of nitrogens with one attached hydrogen (secondary N) is 1. The predicted octanol–water partition coefficient (Wildman–Crippen LogP) is 2.02. The lowest BCUT2D eigenvalue weighted by Gasteiger charge is -2.12. The lowest BCUT2D eigenvalue weighted by molar-refractivity contribution is 0.532. The Morgan fingerprint density at radius 3 is 2.86 bits per heavy atom. The molecule has 0 saturated carbocycles. The van der Waals surface area contributed by atoms with Gasteiger partial charge in [0.2, 0.25) is 0 Å². The molecule has 0 spiro atoms. The molecule has 78 valence electrons. The van der Waals surface area contributed by atoms with Crippen LogP contribution in [-0.2, 0) is 6.54 Å². The highest BCUT2D eigenvalue weighted by atomic mass is 79.9. The Bertz CT molecular complexity index is 284. The van der Waals surface area contributed by atoms with E-state index in [0.717, 1.165) is 4.47 Å². The summed E-state index contributed by atoms with van der Waals surface area (Å²) in [6.45, 7) is 3.01. The summed E-state index contributed by atoms with van der Waals surface area (Å²) in [5.41, 5.74) is 6.09. The average Bonchev–Trinajstić information content (AvgIpc) is 2.16. The zero-order valence-electron chi connectivity index (χ0n) is 8.06.